The van der Waals surface area contributed by atoms with Crippen LogP contribution in [0.3, 0.4) is 0 Å². The fraction of sp³-hybridized carbons (Fsp3) is 0.727. The topological polar surface area (TPSA) is 70.4 Å². The lowest BCUT2D eigenvalue weighted by atomic mass is 10.3. The fourth-order valence-corrected chi connectivity index (χ4v) is 1.71. The van der Waals surface area contributed by atoms with Gasteiger partial charge in [0.05, 0.1) is 24.2 Å². The van der Waals surface area contributed by atoms with Crippen molar-refractivity contribution in [1.29, 1.82) is 5.26 Å². The predicted molar refractivity (Wildman–Crippen MR) is 66.4 cm³/mol. The maximum absolute atomic E-state index is 11.8. The van der Waals surface area contributed by atoms with E-state index in [-0.39, 0.29) is 30.0 Å². The summed E-state index contributed by atoms with van der Waals surface area (Å²) in [5.41, 5.74) is 0. The molecule has 17 heavy (non-hydrogen) atoms. The van der Waals surface area contributed by atoms with Gasteiger partial charge < -0.3 is 9.64 Å². The highest BCUT2D eigenvalue weighted by atomic mass is 32.2. The van der Waals surface area contributed by atoms with Crippen molar-refractivity contribution in [2.45, 2.75) is 26.8 Å². The van der Waals surface area contributed by atoms with Crippen LogP contribution < -0.4 is 0 Å². The van der Waals surface area contributed by atoms with E-state index in [1.54, 1.807) is 6.92 Å². The van der Waals surface area contributed by atoms with Crippen molar-refractivity contribution in [2.24, 2.45) is 0 Å². The molecule has 96 valence electrons. The van der Waals surface area contributed by atoms with Gasteiger partial charge in [0.25, 0.3) is 0 Å². The predicted octanol–water partition coefficient (Wildman–Crippen LogP) is 1.04. The normalized spacial score (nSPS) is 9.82. The minimum atomic E-state index is -0.403. The molecule has 0 fully saturated rings. The Morgan fingerprint density at radius 3 is 2.59 bits per heavy atom. The van der Waals surface area contributed by atoms with Gasteiger partial charge in [-0.3, -0.25) is 9.59 Å². The summed E-state index contributed by atoms with van der Waals surface area (Å²) in [5, 5.41) is 8.37. The van der Waals surface area contributed by atoms with E-state index < -0.39 is 5.97 Å². The highest BCUT2D eigenvalue weighted by Gasteiger charge is 2.20. The van der Waals surface area contributed by atoms with E-state index in [1.165, 1.54) is 16.7 Å². The van der Waals surface area contributed by atoms with Crippen LogP contribution in [0.2, 0.25) is 0 Å². The van der Waals surface area contributed by atoms with E-state index >= 15 is 0 Å². The zero-order chi connectivity index (χ0) is 13.3. The number of carbonyl (C=O) groups is 2. The molecule has 0 rings (SSSR count). The summed E-state index contributed by atoms with van der Waals surface area (Å²) in [6.45, 7) is 5.68. The summed E-state index contributed by atoms with van der Waals surface area (Å²) in [5.74, 6) is -0.0597. The number of thioether (sulfide) groups is 1. The van der Waals surface area contributed by atoms with Gasteiger partial charge >= 0.3 is 5.97 Å². The molecule has 0 saturated heterocycles. The van der Waals surface area contributed by atoms with Gasteiger partial charge in [0.1, 0.15) is 6.54 Å². The zero-order valence-corrected chi connectivity index (χ0v) is 11.2. The molecule has 0 heterocycles. The third kappa shape index (κ3) is 6.84. The third-order valence-corrected chi connectivity index (χ3v) is 2.72. The average molecular weight is 258 g/mol. The van der Waals surface area contributed by atoms with Crippen LogP contribution in [0.1, 0.15) is 20.8 Å². The molecule has 0 spiro atoms. The molecule has 0 aromatic heterocycles. The molecule has 1 amide bonds. The molecule has 0 unspecified atom stereocenters. The Bertz CT molecular complexity index is 300. The van der Waals surface area contributed by atoms with Gasteiger partial charge in [-0.05, 0) is 20.8 Å². The van der Waals surface area contributed by atoms with Crippen molar-refractivity contribution in [2.75, 3.05) is 24.7 Å². The fourth-order valence-electron chi connectivity index (χ4n) is 1.17. The number of carbonyl (C=O) groups excluding carboxylic acids is 2. The minimum Gasteiger partial charge on any atom is -0.465 e. The first kappa shape index (κ1) is 15.8. The molecule has 0 bridgehead atoms. The quantitative estimate of drug-likeness (QED) is 0.504. The second-order valence-electron chi connectivity index (χ2n) is 3.57. The van der Waals surface area contributed by atoms with E-state index in [0.717, 1.165) is 0 Å². The van der Waals surface area contributed by atoms with E-state index in [9.17, 15) is 9.59 Å². The first-order valence-electron chi connectivity index (χ1n) is 5.42. The maximum Gasteiger partial charge on any atom is 0.325 e. The Balaban J connectivity index is 4.27. The van der Waals surface area contributed by atoms with Gasteiger partial charge in [-0.1, -0.05) is 0 Å². The maximum atomic E-state index is 11.8. The first-order chi connectivity index (χ1) is 8.02. The van der Waals surface area contributed by atoms with Crippen LogP contribution >= 0.6 is 11.8 Å². The van der Waals surface area contributed by atoms with Gasteiger partial charge in [-0.25, -0.2) is 0 Å². The molecule has 5 nitrogen and oxygen atoms in total. The first-order valence-corrected chi connectivity index (χ1v) is 6.58. The van der Waals surface area contributed by atoms with Crippen molar-refractivity contribution in [3.8, 4) is 6.07 Å². The van der Waals surface area contributed by atoms with Crippen molar-refractivity contribution in [1.82, 2.24) is 4.90 Å². The Hall–Kier alpha value is -1.22. The number of nitriles is 1. The van der Waals surface area contributed by atoms with Crippen LogP contribution in [0.4, 0.5) is 0 Å². The smallest absolute Gasteiger partial charge is 0.325 e. The molecule has 6 heteroatoms. The van der Waals surface area contributed by atoms with Crippen LogP contribution in [-0.4, -0.2) is 47.5 Å². The second kappa shape index (κ2) is 8.88. The molecule has 0 aromatic carbocycles. The lowest BCUT2D eigenvalue weighted by Gasteiger charge is -2.25. The number of rotatable bonds is 7. The second-order valence-corrected chi connectivity index (χ2v) is 4.56. The molecular weight excluding hydrogens is 240 g/mol. The lowest BCUT2D eigenvalue weighted by Crippen LogP contribution is -2.42. The number of ether oxygens (including phenoxy) is 1. The average Bonchev–Trinajstić information content (AvgIpc) is 2.26. The van der Waals surface area contributed by atoms with Gasteiger partial charge in [0.15, 0.2) is 0 Å². The summed E-state index contributed by atoms with van der Waals surface area (Å²) in [6.07, 6.45) is 0. The van der Waals surface area contributed by atoms with Crippen molar-refractivity contribution < 1.29 is 14.3 Å². The highest BCUT2D eigenvalue weighted by Crippen LogP contribution is 2.06. The van der Waals surface area contributed by atoms with Crippen LogP contribution in [-0.2, 0) is 14.3 Å². The van der Waals surface area contributed by atoms with E-state index in [0.29, 0.717) is 6.61 Å². The summed E-state index contributed by atoms with van der Waals surface area (Å²) < 4.78 is 4.81. The molecule has 0 aliphatic rings. The number of hydrogen-bond donors (Lipinski definition) is 0. The van der Waals surface area contributed by atoms with E-state index in [1.807, 2.05) is 19.9 Å². The van der Waals surface area contributed by atoms with Crippen molar-refractivity contribution >= 4 is 23.6 Å². The van der Waals surface area contributed by atoms with Crippen molar-refractivity contribution in [3.05, 3.63) is 0 Å². The Labute approximate surface area is 106 Å². The van der Waals surface area contributed by atoms with Crippen molar-refractivity contribution in [3.63, 3.8) is 0 Å². The monoisotopic (exact) mass is 258 g/mol. The summed E-state index contributed by atoms with van der Waals surface area (Å²) in [4.78, 5) is 24.6. The Morgan fingerprint density at radius 2 is 2.12 bits per heavy atom. The number of amides is 1. The number of nitrogens with zero attached hydrogens (tertiary/aromatic N) is 2. The van der Waals surface area contributed by atoms with Gasteiger partial charge in [-0.2, -0.15) is 5.26 Å². The summed E-state index contributed by atoms with van der Waals surface area (Å²) >= 11 is 1.24. The van der Waals surface area contributed by atoms with Crippen LogP contribution in [0, 0.1) is 11.3 Å². The molecule has 0 saturated carbocycles. The highest BCUT2D eigenvalue weighted by molar-refractivity contribution is 8.00. The summed E-state index contributed by atoms with van der Waals surface area (Å²) in [6, 6.07) is 1.89. The minimum absolute atomic E-state index is 0.0303. The third-order valence-electron chi connectivity index (χ3n) is 1.94. The van der Waals surface area contributed by atoms with Gasteiger partial charge in [0.2, 0.25) is 5.91 Å². The largest absolute Gasteiger partial charge is 0.465 e. The van der Waals surface area contributed by atoms with E-state index in [2.05, 4.69) is 0 Å². The molecule has 0 aliphatic carbocycles. The van der Waals surface area contributed by atoms with Crippen LogP contribution in [0.5, 0.6) is 0 Å². The standard InChI is InChI=1S/C11H18N2O3S/c1-4-16-11(15)7-13(9(2)3)10(14)8-17-6-5-12/h9H,4,6-8H2,1-3H3. The van der Waals surface area contributed by atoms with Gasteiger partial charge in [0, 0.05) is 6.04 Å². The SMILES string of the molecule is CCOC(=O)CN(C(=O)CSCC#N)C(C)C. The van der Waals surface area contributed by atoms with Crippen LogP contribution in [0.15, 0.2) is 0 Å². The molecule has 0 radical (unpaired) electrons. The lowest BCUT2D eigenvalue weighted by molar-refractivity contribution is -0.149. The number of hydrogen-bond acceptors (Lipinski definition) is 5. The molecule has 0 N–H and O–H groups in total. The Kier molecular flexibility index (Phi) is 8.24. The number of esters is 1. The Morgan fingerprint density at radius 1 is 1.47 bits per heavy atom. The van der Waals surface area contributed by atoms with Crippen LogP contribution in [0.25, 0.3) is 0 Å². The van der Waals surface area contributed by atoms with Gasteiger partial charge in [-0.15, -0.1) is 11.8 Å². The molecular formula is C11H18N2O3S. The van der Waals surface area contributed by atoms with E-state index in [4.69, 9.17) is 10.00 Å². The molecule has 0 aromatic rings. The molecule has 0 aliphatic heterocycles. The summed E-state index contributed by atoms with van der Waals surface area (Å²) in [7, 11) is 0. The zero-order valence-electron chi connectivity index (χ0n) is 10.4. The molecule has 0 atom stereocenters.